The maximum absolute atomic E-state index is 13.3. The van der Waals surface area contributed by atoms with Crippen LogP contribution in [0.3, 0.4) is 0 Å². The van der Waals surface area contributed by atoms with Gasteiger partial charge in [0.2, 0.25) is 11.8 Å². The van der Waals surface area contributed by atoms with Gasteiger partial charge < -0.3 is 14.8 Å². The standard InChI is InChI=1S/C16H15F2N3O3S/c1-8(2)23-13-3-9(15(22)21-16(19)25)4-14(20-13)24-12-6-10(17)5-11(18)7-12/h3-8H,1-2H3,(H3,19,21,22,25). The van der Waals surface area contributed by atoms with Crippen LogP contribution in [0.4, 0.5) is 8.78 Å². The predicted molar refractivity (Wildman–Crippen MR) is 90.6 cm³/mol. The summed E-state index contributed by atoms with van der Waals surface area (Å²) in [6.07, 6.45) is -0.228. The van der Waals surface area contributed by atoms with Crippen LogP contribution in [0.5, 0.6) is 17.5 Å². The lowest BCUT2D eigenvalue weighted by atomic mass is 10.2. The van der Waals surface area contributed by atoms with Gasteiger partial charge in [-0.3, -0.25) is 10.2 Å². The minimum absolute atomic E-state index is 0.0799. The zero-order valence-corrected chi connectivity index (χ0v) is 14.2. The van der Waals surface area contributed by atoms with E-state index in [0.29, 0.717) is 6.07 Å². The molecule has 1 amide bonds. The van der Waals surface area contributed by atoms with E-state index in [-0.39, 0.29) is 34.3 Å². The number of amidine groups is 1. The molecule has 0 aliphatic carbocycles. The molecule has 2 rings (SSSR count). The smallest absolute Gasteiger partial charge is 0.257 e. The first kappa shape index (κ1) is 18.7. The Bertz CT molecular complexity index is 795. The van der Waals surface area contributed by atoms with Crippen LogP contribution in [0, 0.1) is 17.0 Å². The lowest BCUT2D eigenvalue weighted by Crippen LogP contribution is -2.26. The Kier molecular flexibility index (Phi) is 5.92. The molecular weight excluding hydrogens is 352 g/mol. The number of benzene rings is 1. The molecule has 9 heteroatoms. The molecule has 0 unspecified atom stereocenters. The van der Waals surface area contributed by atoms with E-state index in [9.17, 15) is 13.6 Å². The second-order valence-corrected chi connectivity index (χ2v) is 5.66. The molecule has 0 atom stereocenters. The van der Waals surface area contributed by atoms with Gasteiger partial charge in [0.25, 0.3) is 5.91 Å². The molecule has 2 aromatic rings. The lowest BCUT2D eigenvalue weighted by molar-refractivity contribution is 0.0976. The molecule has 0 aliphatic rings. The average molecular weight is 367 g/mol. The number of hydrogen-bond acceptors (Lipinski definition) is 5. The topological polar surface area (TPSA) is 84.3 Å². The van der Waals surface area contributed by atoms with E-state index < -0.39 is 17.5 Å². The zero-order chi connectivity index (χ0) is 18.6. The minimum atomic E-state index is -0.814. The molecule has 2 N–H and O–H groups in total. The summed E-state index contributed by atoms with van der Waals surface area (Å²) in [6.45, 7) is 3.53. The van der Waals surface area contributed by atoms with E-state index in [1.54, 1.807) is 13.8 Å². The summed E-state index contributed by atoms with van der Waals surface area (Å²) in [5.41, 5.74) is 0.0799. The van der Waals surface area contributed by atoms with E-state index in [2.05, 4.69) is 22.9 Å². The van der Waals surface area contributed by atoms with Crippen LogP contribution in [0.15, 0.2) is 30.3 Å². The Morgan fingerprint density at radius 1 is 1.16 bits per heavy atom. The third-order valence-electron chi connectivity index (χ3n) is 2.69. The van der Waals surface area contributed by atoms with E-state index in [4.69, 9.17) is 14.9 Å². The Labute approximate surface area is 148 Å². The highest BCUT2D eigenvalue weighted by atomic mass is 32.1. The van der Waals surface area contributed by atoms with Crippen molar-refractivity contribution in [1.82, 2.24) is 10.3 Å². The number of hydrogen-bond donors (Lipinski definition) is 3. The number of carbonyl (C=O) groups is 1. The van der Waals surface area contributed by atoms with Crippen molar-refractivity contribution in [3.05, 3.63) is 47.5 Å². The van der Waals surface area contributed by atoms with Gasteiger partial charge in [0.15, 0.2) is 5.17 Å². The van der Waals surface area contributed by atoms with Gasteiger partial charge in [-0.2, -0.15) is 4.98 Å². The quantitative estimate of drug-likeness (QED) is 0.429. The lowest BCUT2D eigenvalue weighted by Gasteiger charge is -2.13. The molecule has 0 radical (unpaired) electrons. The Balaban J connectivity index is 2.37. The second-order valence-electron chi connectivity index (χ2n) is 5.21. The number of amides is 1. The van der Waals surface area contributed by atoms with Crippen LogP contribution < -0.4 is 14.8 Å². The summed E-state index contributed by atoms with van der Waals surface area (Å²) >= 11 is 3.69. The zero-order valence-electron chi connectivity index (χ0n) is 13.3. The number of rotatable bonds is 5. The Morgan fingerprint density at radius 2 is 1.76 bits per heavy atom. The highest BCUT2D eigenvalue weighted by molar-refractivity contribution is 7.96. The number of nitrogens with one attached hydrogen (secondary N) is 2. The molecule has 1 heterocycles. The third kappa shape index (κ3) is 5.71. The summed E-state index contributed by atoms with van der Waals surface area (Å²) in [7, 11) is 0. The van der Waals surface area contributed by atoms with Crippen LogP contribution in [0.1, 0.15) is 24.2 Å². The van der Waals surface area contributed by atoms with Gasteiger partial charge in [0.1, 0.15) is 17.4 Å². The molecule has 25 heavy (non-hydrogen) atoms. The molecule has 1 aromatic carbocycles. The number of aromatic nitrogens is 1. The minimum Gasteiger partial charge on any atom is -0.475 e. The summed E-state index contributed by atoms with van der Waals surface area (Å²) in [5, 5.41) is 9.05. The Hall–Kier alpha value is -2.68. The maximum atomic E-state index is 13.3. The van der Waals surface area contributed by atoms with Crippen molar-refractivity contribution in [2.75, 3.05) is 0 Å². The summed E-state index contributed by atoms with van der Waals surface area (Å²) in [4.78, 5) is 16.1. The molecule has 0 bridgehead atoms. The Morgan fingerprint density at radius 3 is 2.32 bits per heavy atom. The van der Waals surface area contributed by atoms with Crippen LogP contribution in [0.2, 0.25) is 0 Å². The van der Waals surface area contributed by atoms with Crippen molar-refractivity contribution >= 4 is 23.7 Å². The van der Waals surface area contributed by atoms with Crippen LogP contribution in [-0.4, -0.2) is 22.2 Å². The summed E-state index contributed by atoms with van der Waals surface area (Å²) in [6, 6.07) is 5.26. The summed E-state index contributed by atoms with van der Waals surface area (Å²) < 4.78 is 37.3. The van der Waals surface area contributed by atoms with Crippen molar-refractivity contribution in [1.29, 1.82) is 5.41 Å². The molecular formula is C16H15F2N3O3S. The monoisotopic (exact) mass is 367 g/mol. The van der Waals surface area contributed by atoms with Gasteiger partial charge in [0, 0.05) is 30.3 Å². The van der Waals surface area contributed by atoms with Crippen molar-refractivity contribution < 1.29 is 23.0 Å². The van der Waals surface area contributed by atoms with E-state index in [1.165, 1.54) is 12.1 Å². The van der Waals surface area contributed by atoms with E-state index >= 15 is 0 Å². The fraction of sp³-hybridized carbons (Fsp3) is 0.188. The van der Waals surface area contributed by atoms with Crippen molar-refractivity contribution in [3.8, 4) is 17.5 Å². The third-order valence-corrected chi connectivity index (χ3v) is 2.80. The number of thiol groups is 1. The normalized spacial score (nSPS) is 10.5. The molecule has 132 valence electrons. The highest BCUT2D eigenvalue weighted by Gasteiger charge is 2.14. The second kappa shape index (κ2) is 7.93. The van der Waals surface area contributed by atoms with Crippen LogP contribution in [-0.2, 0) is 0 Å². The van der Waals surface area contributed by atoms with Crippen molar-refractivity contribution in [2.24, 2.45) is 0 Å². The maximum Gasteiger partial charge on any atom is 0.257 e. The number of ether oxygens (including phenoxy) is 2. The summed E-state index contributed by atoms with van der Waals surface area (Å²) in [5.74, 6) is -2.40. The predicted octanol–water partition coefficient (Wildman–Crippen LogP) is 3.53. The molecule has 0 fully saturated rings. The van der Waals surface area contributed by atoms with Crippen molar-refractivity contribution in [2.45, 2.75) is 20.0 Å². The van der Waals surface area contributed by atoms with Gasteiger partial charge >= 0.3 is 0 Å². The molecule has 6 nitrogen and oxygen atoms in total. The first-order chi connectivity index (χ1) is 11.7. The molecule has 0 spiro atoms. The van der Waals surface area contributed by atoms with E-state index in [1.807, 2.05) is 0 Å². The SMILES string of the molecule is CC(C)Oc1cc(C(=O)NC(=N)S)cc(Oc2cc(F)cc(F)c2)n1. The molecule has 1 aromatic heterocycles. The van der Waals surface area contributed by atoms with Gasteiger partial charge in [-0.15, -0.1) is 12.6 Å². The van der Waals surface area contributed by atoms with Crippen LogP contribution in [0.25, 0.3) is 0 Å². The fourth-order valence-electron chi connectivity index (χ4n) is 1.85. The van der Waals surface area contributed by atoms with Gasteiger partial charge in [0.05, 0.1) is 11.7 Å². The van der Waals surface area contributed by atoms with Crippen molar-refractivity contribution in [3.63, 3.8) is 0 Å². The van der Waals surface area contributed by atoms with Gasteiger partial charge in [-0.1, -0.05) is 0 Å². The molecule has 0 aliphatic heterocycles. The number of halogens is 2. The fourth-order valence-corrected chi connectivity index (χ4v) is 1.96. The van der Waals surface area contributed by atoms with Gasteiger partial charge in [-0.25, -0.2) is 8.78 Å². The number of carbonyl (C=O) groups excluding carboxylic acids is 1. The first-order valence-corrected chi connectivity index (χ1v) is 7.59. The largest absolute Gasteiger partial charge is 0.475 e. The highest BCUT2D eigenvalue weighted by Crippen LogP contribution is 2.25. The molecule has 0 saturated heterocycles. The van der Waals surface area contributed by atoms with Gasteiger partial charge in [-0.05, 0) is 13.8 Å². The number of pyridine rings is 1. The number of nitrogens with zero attached hydrogens (tertiary/aromatic N) is 1. The first-order valence-electron chi connectivity index (χ1n) is 7.14. The average Bonchev–Trinajstić information content (AvgIpc) is 2.44. The molecule has 0 saturated carbocycles. The van der Waals surface area contributed by atoms with Crippen LogP contribution >= 0.6 is 12.6 Å². The van der Waals surface area contributed by atoms with E-state index in [0.717, 1.165) is 12.1 Å².